The molecule has 5 atom stereocenters. The molecule has 63 heavy (non-hydrogen) atoms. The van der Waals surface area contributed by atoms with E-state index in [1.54, 1.807) is 7.11 Å². The quantitative estimate of drug-likeness (QED) is 0.161. The molecule has 4 heterocycles. The summed E-state index contributed by atoms with van der Waals surface area (Å²) >= 11 is 1.52. The second-order valence-electron chi connectivity index (χ2n) is 18.1. The minimum atomic E-state index is -3.91. The van der Waals surface area contributed by atoms with E-state index in [2.05, 4.69) is 20.7 Å². The van der Waals surface area contributed by atoms with Crippen LogP contribution < -0.4 is 30.1 Å². The Morgan fingerprint density at radius 1 is 0.921 bits per heavy atom. The summed E-state index contributed by atoms with van der Waals surface area (Å²) in [4.78, 5) is 68.0. The normalized spacial score (nSPS) is 27.7. The van der Waals surface area contributed by atoms with Crippen LogP contribution in [-0.4, -0.2) is 102 Å². The van der Waals surface area contributed by atoms with E-state index in [1.807, 2.05) is 41.8 Å². The predicted molar refractivity (Wildman–Crippen MR) is 237 cm³/mol. The fraction of sp³-hybridized carbons (Fsp3) is 0.600. The van der Waals surface area contributed by atoms with Gasteiger partial charge in [-0.2, -0.15) is 0 Å². The van der Waals surface area contributed by atoms with E-state index in [-0.39, 0.29) is 25.5 Å². The Bertz CT molecular complexity index is 2360. The standard InChI is InChI=1S/C45H57N7O9S2/c1-59-30-17-20-33-35(21-30)47-36(37-26-62-43(48-37)46-28-12-7-8-13-28)23-39(33)60-31-22-38-40(53)50-45(42(55)51-63(57,58)32-18-19-32)24-27(45)11-5-3-2-4-6-16-34(41(54)52(38)25-31)49-44(56)61-29-14-9-10-15-29/h5,11,17,20-21,23,26-29,31-32,34,38H,2-4,6-10,12-16,18-19,22,24-25H2,1H3,(H,46,48)(H,49,56)(H,50,53)(H,51,55)/b11-5-/t27-,31-,34-,38?,45-/m1/s1. The zero-order valence-corrected chi connectivity index (χ0v) is 37.3. The number of carbonyl (C=O) groups is 4. The van der Waals surface area contributed by atoms with E-state index in [0.717, 1.165) is 56.5 Å². The van der Waals surface area contributed by atoms with E-state index >= 15 is 0 Å². The second-order valence-corrected chi connectivity index (χ2v) is 20.9. The SMILES string of the molecule is COc1ccc2c(O[C@@H]3CC4C(=O)N[C@]5(C(=O)NS(=O)(=O)C6CC6)C[C@H]5/C=C\CCCCC[C@@H](NC(=O)OC5CCCC5)C(=O)N4C3)cc(-c3csc(NC4CCCC4)n3)nc2c1. The van der Waals surface area contributed by atoms with Crippen molar-refractivity contribution < 1.29 is 41.8 Å². The third-order valence-electron chi connectivity index (χ3n) is 13.4. The van der Waals surface area contributed by atoms with Crippen molar-refractivity contribution in [1.29, 1.82) is 0 Å². The van der Waals surface area contributed by atoms with Gasteiger partial charge in [0.15, 0.2) is 5.13 Å². The van der Waals surface area contributed by atoms with E-state index in [9.17, 15) is 27.6 Å². The van der Waals surface area contributed by atoms with Crippen LogP contribution in [0, 0.1) is 5.92 Å². The molecular formula is C45H57N7O9S2. The lowest BCUT2D eigenvalue weighted by molar-refractivity contribution is -0.141. The highest BCUT2D eigenvalue weighted by molar-refractivity contribution is 7.91. The number of carbonyl (C=O) groups excluding carboxylic acids is 4. The van der Waals surface area contributed by atoms with Crippen LogP contribution >= 0.6 is 11.3 Å². The van der Waals surface area contributed by atoms with Crippen molar-refractivity contribution in [3.63, 3.8) is 0 Å². The van der Waals surface area contributed by atoms with Crippen LogP contribution in [-0.2, 0) is 29.1 Å². The lowest BCUT2D eigenvalue weighted by atomic mass is 10.0. The van der Waals surface area contributed by atoms with E-state index in [0.29, 0.717) is 71.9 Å². The summed E-state index contributed by atoms with van der Waals surface area (Å²) in [7, 11) is -2.33. The number of fused-ring (bicyclic) bond motifs is 3. The molecule has 18 heteroatoms. The summed E-state index contributed by atoms with van der Waals surface area (Å²) in [5.74, 6) is -1.21. The number of hydrogen-bond donors (Lipinski definition) is 4. The first-order chi connectivity index (χ1) is 30.5. The van der Waals surface area contributed by atoms with Crippen LogP contribution in [0.5, 0.6) is 11.5 Å². The van der Waals surface area contributed by atoms with Crippen molar-refractivity contribution in [2.75, 3.05) is 19.0 Å². The molecule has 2 aromatic heterocycles. The Morgan fingerprint density at radius 3 is 2.48 bits per heavy atom. The Hall–Kier alpha value is -4.97. The van der Waals surface area contributed by atoms with Crippen LogP contribution in [0.2, 0.25) is 0 Å². The number of nitrogens with zero attached hydrogens (tertiary/aromatic N) is 3. The molecule has 1 aromatic carbocycles. The maximum Gasteiger partial charge on any atom is 0.408 e. The highest BCUT2D eigenvalue weighted by atomic mass is 32.2. The van der Waals surface area contributed by atoms with Crippen molar-refractivity contribution in [1.82, 2.24) is 30.2 Å². The second kappa shape index (κ2) is 18.3. The van der Waals surface area contributed by atoms with Gasteiger partial charge in [-0.3, -0.25) is 19.1 Å². The first-order valence-electron chi connectivity index (χ1n) is 22.7. The van der Waals surface area contributed by atoms with Gasteiger partial charge in [-0.1, -0.05) is 37.8 Å². The molecule has 9 rings (SSSR count). The largest absolute Gasteiger partial charge is 0.497 e. The number of rotatable bonds is 11. The van der Waals surface area contributed by atoms with Gasteiger partial charge in [0.25, 0.3) is 5.91 Å². The van der Waals surface area contributed by atoms with E-state index in [1.165, 1.54) is 29.1 Å². The molecular weight excluding hydrogens is 847 g/mol. The molecule has 16 nitrogen and oxygen atoms in total. The molecule has 0 spiro atoms. The van der Waals surface area contributed by atoms with Crippen molar-refractivity contribution >= 4 is 61.2 Å². The smallest absolute Gasteiger partial charge is 0.408 e. The summed E-state index contributed by atoms with van der Waals surface area (Å²) < 4.78 is 46.3. The van der Waals surface area contributed by atoms with Crippen molar-refractivity contribution in [2.45, 2.75) is 150 Å². The highest BCUT2D eigenvalue weighted by Gasteiger charge is 2.62. The fourth-order valence-electron chi connectivity index (χ4n) is 9.60. The van der Waals surface area contributed by atoms with Gasteiger partial charge >= 0.3 is 6.09 Å². The predicted octanol–water partition coefficient (Wildman–Crippen LogP) is 6.11. The third-order valence-corrected chi connectivity index (χ3v) is 16.0. The molecule has 1 saturated heterocycles. The average molecular weight is 904 g/mol. The summed E-state index contributed by atoms with van der Waals surface area (Å²) in [6, 6.07) is 5.60. The number of aromatic nitrogens is 2. The molecule has 0 radical (unpaired) electrons. The molecule has 4 saturated carbocycles. The molecule has 4 N–H and O–H groups in total. The molecule has 6 aliphatic rings. The van der Waals surface area contributed by atoms with Gasteiger partial charge in [0.05, 0.1) is 30.1 Å². The number of alkyl carbamates (subject to hydrolysis) is 1. The average Bonchev–Trinajstić information content (AvgIpc) is 3.84. The summed E-state index contributed by atoms with van der Waals surface area (Å²) in [6.07, 6.45) is 14.8. The molecule has 0 bridgehead atoms. The number of benzene rings is 1. The summed E-state index contributed by atoms with van der Waals surface area (Å²) in [6.45, 7) is -0.00712. The molecule has 2 aliphatic heterocycles. The fourth-order valence-corrected chi connectivity index (χ4v) is 11.7. The number of anilines is 1. The number of pyridine rings is 1. The van der Waals surface area contributed by atoms with Crippen LogP contribution in [0.3, 0.4) is 0 Å². The van der Waals surface area contributed by atoms with Gasteiger partial charge in [0, 0.05) is 41.3 Å². The minimum absolute atomic E-state index is 0.00712. The van der Waals surface area contributed by atoms with Gasteiger partial charge in [-0.25, -0.2) is 23.2 Å². The van der Waals surface area contributed by atoms with Crippen molar-refractivity contribution in [3.8, 4) is 22.9 Å². The van der Waals surface area contributed by atoms with Crippen molar-refractivity contribution in [2.24, 2.45) is 5.92 Å². The zero-order chi connectivity index (χ0) is 43.7. The summed E-state index contributed by atoms with van der Waals surface area (Å²) in [5, 5.41) is 12.2. The molecule has 4 amide bonds. The van der Waals surface area contributed by atoms with Gasteiger partial charge in [0.2, 0.25) is 21.8 Å². The van der Waals surface area contributed by atoms with Crippen molar-refractivity contribution in [3.05, 3.63) is 41.8 Å². The van der Waals surface area contributed by atoms with Gasteiger partial charge < -0.3 is 35.1 Å². The Balaban J connectivity index is 1.02. The van der Waals surface area contributed by atoms with E-state index in [4.69, 9.17) is 24.2 Å². The number of allylic oxidation sites excluding steroid dienone is 1. The molecule has 5 fully saturated rings. The Labute approximate surface area is 371 Å². The van der Waals surface area contributed by atoms with Gasteiger partial charge in [-0.15, -0.1) is 11.3 Å². The number of amides is 4. The minimum Gasteiger partial charge on any atom is -0.497 e. The Kier molecular flexibility index (Phi) is 12.5. The van der Waals surface area contributed by atoms with Crippen LogP contribution in [0.25, 0.3) is 22.3 Å². The Morgan fingerprint density at radius 2 is 1.70 bits per heavy atom. The lowest BCUT2D eigenvalue weighted by Gasteiger charge is -2.30. The van der Waals surface area contributed by atoms with Crippen LogP contribution in [0.15, 0.2) is 41.8 Å². The van der Waals surface area contributed by atoms with Crippen LogP contribution in [0.1, 0.15) is 109 Å². The maximum atomic E-state index is 14.8. The maximum absolute atomic E-state index is 14.8. The number of methoxy groups -OCH3 is 1. The highest BCUT2D eigenvalue weighted by Crippen LogP contribution is 2.46. The zero-order valence-electron chi connectivity index (χ0n) is 35.6. The number of nitrogens with one attached hydrogen (secondary N) is 4. The van der Waals surface area contributed by atoms with E-state index < -0.39 is 68.7 Å². The molecule has 1 unspecified atom stereocenters. The van der Waals surface area contributed by atoms with Gasteiger partial charge in [-0.05, 0) is 89.2 Å². The number of hydrogen-bond acceptors (Lipinski definition) is 13. The van der Waals surface area contributed by atoms with Crippen LogP contribution in [0.4, 0.5) is 9.93 Å². The summed E-state index contributed by atoms with van der Waals surface area (Å²) in [5.41, 5.74) is 0.340. The first kappa shape index (κ1) is 43.3. The third kappa shape index (κ3) is 9.76. The number of sulfonamides is 1. The molecule has 4 aliphatic carbocycles. The first-order valence-corrected chi connectivity index (χ1v) is 25.1. The van der Waals surface area contributed by atoms with Gasteiger partial charge in [0.1, 0.15) is 47.0 Å². The number of thiazole rings is 1. The monoisotopic (exact) mass is 903 g/mol. The number of ether oxygens (including phenoxy) is 3. The molecule has 338 valence electrons. The topological polar surface area (TPSA) is 207 Å². The molecule has 3 aromatic rings. The lowest BCUT2D eigenvalue weighted by Crippen LogP contribution is -2.58.